The Labute approximate surface area is 103 Å². The highest BCUT2D eigenvalue weighted by Crippen LogP contribution is 2.39. The van der Waals surface area contributed by atoms with Gasteiger partial charge in [0, 0.05) is 6.42 Å². The molecule has 0 radical (unpaired) electrons. The average Bonchev–Trinajstić information content (AvgIpc) is 2.26. The molecule has 2 rings (SSSR count). The third-order valence-corrected chi connectivity index (χ3v) is 3.88. The van der Waals surface area contributed by atoms with Crippen molar-refractivity contribution in [1.29, 1.82) is 0 Å². The van der Waals surface area contributed by atoms with E-state index in [1.807, 2.05) is 6.92 Å². The lowest BCUT2D eigenvalue weighted by molar-refractivity contribution is -0.111. The van der Waals surface area contributed by atoms with Crippen LogP contribution in [0.2, 0.25) is 0 Å². The molecule has 2 heteroatoms. The smallest absolute Gasteiger partial charge is 0.126 e. The molecule has 0 N–H and O–H groups in total. The lowest BCUT2D eigenvalue weighted by atomic mass is 9.86. The normalized spacial score (nSPS) is 22.8. The van der Waals surface area contributed by atoms with Gasteiger partial charge in [0.1, 0.15) is 17.6 Å². The molecule has 0 aliphatic carbocycles. The molecule has 0 saturated heterocycles. The molecule has 0 amide bonds. The maximum atomic E-state index is 10.7. The summed E-state index contributed by atoms with van der Waals surface area (Å²) < 4.78 is 6.12. The number of benzene rings is 1. The highest BCUT2D eigenvalue weighted by molar-refractivity contribution is 5.54. The Morgan fingerprint density at radius 1 is 1.35 bits per heavy atom. The van der Waals surface area contributed by atoms with E-state index in [0.29, 0.717) is 6.42 Å². The lowest BCUT2D eigenvalue weighted by Gasteiger charge is -2.36. The molecule has 1 aromatic carbocycles. The van der Waals surface area contributed by atoms with Crippen LogP contribution in [0, 0.1) is 20.8 Å². The van der Waals surface area contributed by atoms with Crippen molar-refractivity contribution in [1.82, 2.24) is 0 Å². The minimum atomic E-state index is -0.320. The summed E-state index contributed by atoms with van der Waals surface area (Å²) in [5.41, 5.74) is 4.77. The zero-order valence-electron chi connectivity index (χ0n) is 11.1. The first kappa shape index (κ1) is 12.2. The second kappa shape index (κ2) is 4.17. The second-order valence-corrected chi connectivity index (χ2v) is 5.37. The molecule has 17 heavy (non-hydrogen) atoms. The average molecular weight is 232 g/mol. The summed E-state index contributed by atoms with van der Waals surface area (Å²) in [5.74, 6) is 1.01. The number of hydrogen-bond donors (Lipinski definition) is 0. The van der Waals surface area contributed by atoms with E-state index in [0.717, 1.165) is 24.9 Å². The number of rotatable bonds is 2. The van der Waals surface area contributed by atoms with Gasteiger partial charge in [-0.2, -0.15) is 0 Å². The van der Waals surface area contributed by atoms with Gasteiger partial charge in [0.25, 0.3) is 0 Å². The van der Waals surface area contributed by atoms with Gasteiger partial charge in [-0.1, -0.05) is 6.07 Å². The Hall–Kier alpha value is -1.31. The Balaban J connectivity index is 2.46. The van der Waals surface area contributed by atoms with Crippen molar-refractivity contribution in [2.45, 2.75) is 52.6 Å². The fourth-order valence-corrected chi connectivity index (χ4v) is 2.56. The maximum absolute atomic E-state index is 10.7. The van der Waals surface area contributed by atoms with Crippen LogP contribution < -0.4 is 4.74 Å². The zero-order chi connectivity index (χ0) is 12.6. The summed E-state index contributed by atoms with van der Waals surface area (Å²) in [6.45, 7) is 8.37. The highest BCUT2D eigenvalue weighted by atomic mass is 16.5. The summed E-state index contributed by atoms with van der Waals surface area (Å²) in [4.78, 5) is 10.7. The number of carbonyl (C=O) groups is 1. The minimum absolute atomic E-state index is 0.320. The van der Waals surface area contributed by atoms with Crippen molar-refractivity contribution < 1.29 is 9.53 Å². The third-order valence-electron chi connectivity index (χ3n) is 3.88. The van der Waals surface area contributed by atoms with Crippen molar-refractivity contribution >= 4 is 6.29 Å². The molecular formula is C15H20O2. The number of aryl methyl sites for hydroxylation is 2. The van der Waals surface area contributed by atoms with Crippen molar-refractivity contribution in [3.05, 3.63) is 28.3 Å². The molecule has 0 saturated carbocycles. The molecule has 0 fully saturated rings. The molecule has 1 unspecified atom stereocenters. The van der Waals surface area contributed by atoms with Crippen LogP contribution in [-0.4, -0.2) is 11.9 Å². The molecule has 1 aromatic rings. The van der Waals surface area contributed by atoms with Crippen LogP contribution in [0.5, 0.6) is 5.75 Å². The molecule has 1 atom stereocenters. The Kier molecular flexibility index (Phi) is 2.98. The molecule has 0 bridgehead atoms. The third kappa shape index (κ3) is 2.08. The van der Waals surface area contributed by atoms with Gasteiger partial charge in [-0.3, -0.25) is 0 Å². The molecule has 1 heterocycles. The summed E-state index contributed by atoms with van der Waals surface area (Å²) in [6, 6.07) is 2.22. The number of fused-ring (bicyclic) bond motifs is 1. The molecule has 1 aliphatic rings. The van der Waals surface area contributed by atoms with Crippen LogP contribution in [0.25, 0.3) is 0 Å². The zero-order valence-corrected chi connectivity index (χ0v) is 11.1. The van der Waals surface area contributed by atoms with E-state index in [1.54, 1.807) is 0 Å². The summed E-state index contributed by atoms with van der Waals surface area (Å²) in [6.07, 6.45) is 3.36. The quantitative estimate of drug-likeness (QED) is 0.731. The molecule has 92 valence electrons. The SMILES string of the molecule is Cc1cc(C)c2c(c1C)OC(C)(CC=O)CC2. The molecule has 1 aliphatic heterocycles. The monoisotopic (exact) mass is 232 g/mol. The van der Waals surface area contributed by atoms with Crippen LogP contribution in [-0.2, 0) is 11.2 Å². The number of carbonyl (C=O) groups excluding carboxylic acids is 1. The van der Waals surface area contributed by atoms with Crippen LogP contribution >= 0.6 is 0 Å². The first-order valence-corrected chi connectivity index (χ1v) is 6.19. The predicted molar refractivity (Wildman–Crippen MR) is 68.7 cm³/mol. The van der Waals surface area contributed by atoms with Crippen molar-refractivity contribution in [2.24, 2.45) is 0 Å². The Morgan fingerprint density at radius 2 is 2.06 bits per heavy atom. The highest BCUT2D eigenvalue weighted by Gasteiger charge is 2.32. The minimum Gasteiger partial charge on any atom is -0.487 e. The number of ether oxygens (including phenoxy) is 1. The molecule has 0 aromatic heterocycles. The van der Waals surface area contributed by atoms with Crippen molar-refractivity contribution in [3.8, 4) is 5.75 Å². The van der Waals surface area contributed by atoms with E-state index >= 15 is 0 Å². The van der Waals surface area contributed by atoms with Gasteiger partial charge in [-0.05, 0) is 62.8 Å². The Bertz CT molecular complexity index is 462. The van der Waals surface area contributed by atoms with E-state index in [1.165, 1.54) is 22.3 Å². The largest absolute Gasteiger partial charge is 0.487 e. The molecular weight excluding hydrogens is 212 g/mol. The van der Waals surface area contributed by atoms with Gasteiger partial charge < -0.3 is 9.53 Å². The standard InChI is InChI=1S/C15H20O2/c1-10-9-11(2)13-5-6-15(4,7-8-16)17-14(13)12(10)3/h8-9H,5-7H2,1-4H3. The van der Waals surface area contributed by atoms with Crippen LogP contribution in [0.15, 0.2) is 6.07 Å². The van der Waals surface area contributed by atoms with Gasteiger partial charge in [0.15, 0.2) is 0 Å². The van der Waals surface area contributed by atoms with Gasteiger partial charge >= 0.3 is 0 Å². The fourth-order valence-electron chi connectivity index (χ4n) is 2.56. The van der Waals surface area contributed by atoms with Crippen LogP contribution in [0.4, 0.5) is 0 Å². The van der Waals surface area contributed by atoms with Crippen molar-refractivity contribution in [2.75, 3.05) is 0 Å². The fraction of sp³-hybridized carbons (Fsp3) is 0.533. The predicted octanol–water partition coefficient (Wildman–Crippen LogP) is 3.28. The summed E-state index contributed by atoms with van der Waals surface area (Å²) >= 11 is 0. The van der Waals surface area contributed by atoms with Crippen LogP contribution in [0.3, 0.4) is 0 Å². The van der Waals surface area contributed by atoms with E-state index < -0.39 is 0 Å². The van der Waals surface area contributed by atoms with Crippen molar-refractivity contribution in [3.63, 3.8) is 0 Å². The van der Waals surface area contributed by atoms with E-state index in [2.05, 4.69) is 26.8 Å². The van der Waals surface area contributed by atoms with Crippen LogP contribution in [0.1, 0.15) is 42.0 Å². The van der Waals surface area contributed by atoms with E-state index in [9.17, 15) is 4.79 Å². The molecule has 2 nitrogen and oxygen atoms in total. The van der Waals surface area contributed by atoms with Gasteiger partial charge in [0.05, 0.1) is 0 Å². The van der Waals surface area contributed by atoms with E-state index in [-0.39, 0.29) is 5.60 Å². The topological polar surface area (TPSA) is 26.3 Å². The van der Waals surface area contributed by atoms with Gasteiger partial charge in [-0.25, -0.2) is 0 Å². The Morgan fingerprint density at radius 3 is 2.71 bits per heavy atom. The summed E-state index contributed by atoms with van der Waals surface area (Å²) in [5, 5.41) is 0. The number of hydrogen-bond acceptors (Lipinski definition) is 2. The van der Waals surface area contributed by atoms with E-state index in [4.69, 9.17) is 4.74 Å². The van der Waals surface area contributed by atoms with Gasteiger partial charge in [-0.15, -0.1) is 0 Å². The maximum Gasteiger partial charge on any atom is 0.126 e. The first-order chi connectivity index (χ1) is 7.97. The van der Waals surface area contributed by atoms with Gasteiger partial charge in [0.2, 0.25) is 0 Å². The summed E-state index contributed by atoms with van der Waals surface area (Å²) in [7, 11) is 0. The molecule has 0 spiro atoms. The second-order valence-electron chi connectivity index (χ2n) is 5.37. The first-order valence-electron chi connectivity index (χ1n) is 6.19. The number of aldehydes is 1. The lowest BCUT2D eigenvalue weighted by Crippen LogP contribution is -2.37.